The molecule has 1 saturated carbocycles. The fourth-order valence-corrected chi connectivity index (χ4v) is 4.52. The molecule has 3 heterocycles. The number of nitrogens with one attached hydrogen (secondary N) is 1. The van der Waals surface area contributed by atoms with Crippen LogP contribution in [0.3, 0.4) is 0 Å². The Morgan fingerprint density at radius 2 is 2.10 bits per heavy atom. The maximum Gasteiger partial charge on any atom is 0.238 e. The Balaban J connectivity index is 1.54. The minimum atomic E-state index is -0.372. The van der Waals surface area contributed by atoms with Gasteiger partial charge in [0.2, 0.25) is 11.7 Å². The second-order valence-electron chi connectivity index (χ2n) is 7.06. The van der Waals surface area contributed by atoms with E-state index in [1.165, 1.54) is 37.2 Å². The number of hydrogen-bond donors (Lipinski definition) is 1. The van der Waals surface area contributed by atoms with Crippen LogP contribution >= 0.6 is 23.4 Å². The van der Waals surface area contributed by atoms with E-state index in [2.05, 4.69) is 25.1 Å². The number of carbonyl (C=O) groups excluding carboxylic acids is 1. The molecule has 1 amide bonds. The molecule has 9 heteroatoms. The summed E-state index contributed by atoms with van der Waals surface area (Å²) < 4.78 is 7.72. The van der Waals surface area contributed by atoms with E-state index >= 15 is 0 Å². The summed E-state index contributed by atoms with van der Waals surface area (Å²) in [7, 11) is 0. The number of aromatic nitrogens is 4. The highest BCUT2D eigenvalue weighted by Gasteiger charge is 2.27. The van der Waals surface area contributed by atoms with Gasteiger partial charge in [0, 0.05) is 12.2 Å². The van der Waals surface area contributed by atoms with E-state index in [4.69, 9.17) is 16.0 Å². The molecule has 0 spiro atoms. The van der Waals surface area contributed by atoms with Gasteiger partial charge in [-0.1, -0.05) is 42.6 Å². The van der Waals surface area contributed by atoms with Crippen LogP contribution in [0.2, 0.25) is 5.02 Å². The summed E-state index contributed by atoms with van der Waals surface area (Å²) in [6.07, 6.45) is 8.92. The van der Waals surface area contributed by atoms with E-state index in [9.17, 15) is 4.79 Å². The third kappa shape index (κ3) is 4.64. The van der Waals surface area contributed by atoms with Crippen molar-refractivity contribution in [3.63, 3.8) is 0 Å². The Labute approximate surface area is 178 Å². The molecular weight excluding hydrogens is 410 g/mol. The van der Waals surface area contributed by atoms with Crippen LogP contribution in [0.25, 0.3) is 11.6 Å². The number of furan rings is 1. The Bertz CT molecular complexity index is 952. The number of halogens is 1. The van der Waals surface area contributed by atoms with Crippen molar-refractivity contribution >= 4 is 35.1 Å². The summed E-state index contributed by atoms with van der Waals surface area (Å²) in [6.45, 7) is 1.85. The molecule has 0 unspecified atom stereocenters. The van der Waals surface area contributed by atoms with Gasteiger partial charge >= 0.3 is 0 Å². The van der Waals surface area contributed by atoms with Gasteiger partial charge in [-0.15, -0.1) is 10.2 Å². The Hall–Kier alpha value is -2.32. The lowest BCUT2D eigenvalue weighted by Crippen LogP contribution is -2.24. The molecule has 0 aromatic carbocycles. The zero-order chi connectivity index (χ0) is 20.2. The highest BCUT2D eigenvalue weighted by molar-refractivity contribution is 8.00. The summed E-state index contributed by atoms with van der Waals surface area (Å²) in [5.74, 6) is 1.73. The van der Waals surface area contributed by atoms with E-state index in [0.717, 1.165) is 23.8 Å². The molecule has 0 radical (unpaired) electrons. The molecule has 1 atom stereocenters. The number of anilines is 1. The number of rotatable bonds is 6. The van der Waals surface area contributed by atoms with Crippen molar-refractivity contribution in [3.8, 4) is 11.6 Å². The van der Waals surface area contributed by atoms with E-state index in [1.54, 1.807) is 18.4 Å². The average Bonchev–Trinajstić information content (AvgIpc) is 3.40. The molecule has 0 saturated heterocycles. The van der Waals surface area contributed by atoms with E-state index in [-0.39, 0.29) is 11.2 Å². The van der Waals surface area contributed by atoms with Crippen LogP contribution in [0, 0.1) is 0 Å². The molecule has 3 aromatic heterocycles. The summed E-state index contributed by atoms with van der Waals surface area (Å²) in [5, 5.41) is 12.5. The second-order valence-corrected chi connectivity index (χ2v) is 8.80. The normalized spacial score (nSPS) is 15.9. The van der Waals surface area contributed by atoms with Gasteiger partial charge in [0.05, 0.1) is 16.5 Å². The zero-order valence-electron chi connectivity index (χ0n) is 16.0. The van der Waals surface area contributed by atoms with Crippen LogP contribution in [-0.4, -0.2) is 30.9 Å². The maximum absolute atomic E-state index is 12.6. The molecule has 1 fully saturated rings. The van der Waals surface area contributed by atoms with Crippen LogP contribution in [0.4, 0.5) is 5.82 Å². The predicted octanol–water partition coefficient (Wildman–Crippen LogP) is 5.21. The van der Waals surface area contributed by atoms with Gasteiger partial charge in [0.25, 0.3) is 0 Å². The van der Waals surface area contributed by atoms with Gasteiger partial charge in [-0.25, -0.2) is 4.98 Å². The van der Waals surface area contributed by atoms with Crippen molar-refractivity contribution in [2.24, 2.45) is 0 Å². The van der Waals surface area contributed by atoms with Crippen LogP contribution < -0.4 is 5.32 Å². The molecule has 152 valence electrons. The summed E-state index contributed by atoms with van der Waals surface area (Å²) in [5.41, 5.74) is 0. The second kappa shape index (κ2) is 9.00. The Morgan fingerprint density at radius 3 is 2.79 bits per heavy atom. The van der Waals surface area contributed by atoms with Crippen LogP contribution in [0.5, 0.6) is 0 Å². The first-order valence-corrected chi connectivity index (χ1v) is 11.0. The minimum absolute atomic E-state index is 0.150. The first-order chi connectivity index (χ1) is 14.1. The van der Waals surface area contributed by atoms with E-state index in [0.29, 0.717) is 22.6 Å². The molecule has 1 aliphatic rings. The predicted molar refractivity (Wildman–Crippen MR) is 113 cm³/mol. The number of carbonyl (C=O) groups is 1. The zero-order valence-corrected chi connectivity index (χ0v) is 17.6. The SMILES string of the molecule is C[C@@H](Sc1nnc(-c2ccco2)n1C1CCCCC1)C(=O)Nc1ccc(Cl)cn1. The standard InChI is InChI=1S/C20H22ClN5O2S/c1-13(19(27)23-17-10-9-14(21)12-22-17)29-20-25-24-18(16-8-5-11-28-16)26(20)15-6-3-2-4-7-15/h5,8-13,15H,2-4,6-7H2,1H3,(H,22,23,27)/t13-/m1/s1. The Morgan fingerprint density at radius 1 is 1.28 bits per heavy atom. The van der Waals surface area contributed by atoms with Crippen molar-refractivity contribution in [3.05, 3.63) is 41.7 Å². The van der Waals surface area contributed by atoms with Crippen molar-refractivity contribution in [2.45, 2.75) is 55.5 Å². The molecule has 0 aliphatic heterocycles. The first kappa shape index (κ1) is 20.0. The van der Waals surface area contributed by atoms with Crippen LogP contribution in [-0.2, 0) is 4.79 Å². The summed E-state index contributed by atoms with van der Waals surface area (Å²) >= 11 is 7.24. The molecule has 1 N–H and O–H groups in total. The molecular formula is C20H22ClN5O2S. The van der Waals surface area contributed by atoms with Gasteiger partial charge in [-0.05, 0) is 44.0 Å². The third-order valence-electron chi connectivity index (χ3n) is 4.98. The molecule has 0 bridgehead atoms. The highest BCUT2D eigenvalue weighted by atomic mass is 35.5. The third-order valence-corrected chi connectivity index (χ3v) is 6.26. The van der Waals surface area contributed by atoms with Crippen LogP contribution in [0.15, 0.2) is 46.3 Å². The topological polar surface area (TPSA) is 85.8 Å². The molecule has 29 heavy (non-hydrogen) atoms. The largest absolute Gasteiger partial charge is 0.461 e. The fraction of sp³-hybridized carbons (Fsp3) is 0.400. The van der Waals surface area contributed by atoms with Gasteiger partial charge in [0.15, 0.2) is 10.9 Å². The summed E-state index contributed by atoms with van der Waals surface area (Å²) in [4.78, 5) is 16.8. The molecule has 1 aliphatic carbocycles. The van der Waals surface area contributed by atoms with Gasteiger partial charge in [-0.3, -0.25) is 9.36 Å². The van der Waals surface area contributed by atoms with Crippen molar-refractivity contribution in [2.75, 3.05) is 5.32 Å². The molecule has 3 aromatic rings. The van der Waals surface area contributed by atoms with Crippen LogP contribution in [0.1, 0.15) is 45.1 Å². The lowest BCUT2D eigenvalue weighted by Gasteiger charge is -2.25. The van der Waals surface area contributed by atoms with Gasteiger partial charge in [0.1, 0.15) is 5.82 Å². The lowest BCUT2D eigenvalue weighted by molar-refractivity contribution is -0.115. The van der Waals surface area contributed by atoms with Crippen molar-refractivity contribution < 1.29 is 9.21 Å². The number of nitrogens with zero attached hydrogens (tertiary/aromatic N) is 4. The first-order valence-electron chi connectivity index (χ1n) is 9.69. The van der Waals surface area contributed by atoms with E-state index in [1.807, 2.05) is 19.1 Å². The monoisotopic (exact) mass is 431 g/mol. The lowest BCUT2D eigenvalue weighted by atomic mass is 9.95. The average molecular weight is 432 g/mol. The van der Waals surface area contributed by atoms with Gasteiger partial charge < -0.3 is 9.73 Å². The smallest absolute Gasteiger partial charge is 0.238 e. The number of pyridine rings is 1. The fourth-order valence-electron chi connectivity index (χ4n) is 3.49. The quantitative estimate of drug-likeness (QED) is 0.539. The van der Waals surface area contributed by atoms with Crippen molar-refractivity contribution in [1.82, 2.24) is 19.7 Å². The molecule has 7 nitrogen and oxygen atoms in total. The summed E-state index contributed by atoms with van der Waals surface area (Å²) in [6, 6.07) is 7.42. The number of hydrogen-bond acceptors (Lipinski definition) is 6. The van der Waals surface area contributed by atoms with Gasteiger partial charge in [-0.2, -0.15) is 0 Å². The highest BCUT2D eigenvalue weighted by Crippen LogP contribution is 2.36. The minimum Gasteiger partial charge on any atom is -0.461 e. The number of amides is 1. The molecule has 4 rings (SSSR count). The maximum atomic E-state index is 12.6. The van der Waals surface area contributed by atoms with Crippen molar-refractivity contribution in [1.29, 1.82) is 0 Å². The van der Waals surface area contributed by atoms with E-state index < -0.39 is 0 Å². The number of thioether (sulfide) groups is 1. The Kier molecular flexibility index (Phi) is 6.20.